The van der Waals surface area contributed by atoms with E-state index in [4.69, 9.17) is 0 Å². The number of nitro benzene ring substituents is 1. The third kappa shape index (κ3) is 5.86. The van der Waals surface area contributed by atoms with Gasteiger partial charge in [-0.2, -0.15) is 4.31 Å². The molecule has 10 nitrogen and oxygen atoms in total. The van der Waals surface area contributed by atoms with Crippen molar-refractivity contribution in [3.8, 4) is 0 Å². The van der Waals surface area contributed by atoms with E-state index in [9.17, 15) is 28.1 Å². The summed E-state index contributed by atoms with van der Waals surface area (Å²) in [6.45, 7) is 5.39. The van der Waals surface area contributed by atoms with E-state index in [2.05, 4.69) is 10.6 Å². The van der Waals surface area contributed by atoms with Gasteiger partial charge in [-0.3, -0.25) is 19.7 Å². The molecular formula is C20H24N4O6S. The van der Waals surface area contributed by atoms with Crippen LogP contribution in [0.15, 0.2) is 47.4 Å². The molecule has 0 saturated carbocycles. The molecule has 31 heavy (non-hydrogen) atoms. The molecule has 0 aliphatic heterocycles. The molecule has 2 amide bonds. The molecule has 0 saturated heterocycles. The van der Waals surface area contributed by atoms with Crippen molar-refractivity contribution in [3.63, 3.8) is 0 Å². The number of sulfonamides is 1. The Morgan fingerprint density at radius 1 is 1.10 bits per heavy atom. The van der Waals surface area contributed by atoms with Gasteiger partial charge in [0, 0.05) is 36.5 Å². The maximum absolute atomic E-state index is 12.8. The van der Waals surface area contributed by atoms with E-state index in [0.29, 0.717) is 18.7 Å². The van der Waals surface area contributed by atoms with E-state index in [-0.39, 0.29) is 21.8 Å². The molecule has 0 bridgehead atoms. The van der Waals surface area contributed by atoms with Gasteiger partial charge in [0.15, 0.2) is 0 Å². The molecular weight excluding hydrogens is 424 g/mol. The lowest BCUT2D eigenvalue weighted by atomic mass is 10.2. The number of amides is 2. The second kappa shape index (κ2) is 10.1. The van der Waals surface area contributed by atoms with Crippen LogP contribution in [0, 0.1) is 17.0 Å². The van der Waals surface area contributed by atoms with Crippen molar-refractivity contribution in [1.82, 2.24) is 9.62 Å². The normalized spacial score (nSPS) is 11.2. The Kier molecular flexibility index (Phi) is 7.83. The number of benzene rings is 2. The van der Waals surface area contributed by atoms with Crippen LogP contribution in [-0.2, 0) is 14.8 Å². The average molecular weight is 449 g/mol. The molecule has 0 aliphatic carbocycles. The zero-order valence-corrected chi connectivity index (χ0v) is 18.2. The van der Waals surface area contributed by atoms with E-state index in [1.807, 2.05) is 0 Å². The molecule has 0 atom stereocenters. The summed E-state index contributed by atoms with van der Waals surface area (Å²) in [6, 6.07) is 9.66. The Bertz CT molecular complexity index is 1100. The van der Waals surface area contributed by atoms with Gasteiger partial charge in [-0.1, -0.05) is 26.0 Å². The summed E-state index contributed by atoms with van der Waals surface area (Å²) < 4.78 is 26.9. The second-order valence-electron chi connectivity index (χ2n) is 6.61. The van der Waals surface area contributed by atoms with Crippen molar-refractivity contribution in [1.29, 1.82) is 0 Å². The summed E-state index contributed by atoms with van der Waals surface area (Å²) in [6.07, 6.45) is 0. The Morgan fingerprint density at radius 3 is 2.39 bits per heavy atom. The van der Waals surface area contributed by atoms with Crippen LogP contribution in [-0.4, -0.2) is 49.1 Å². The van der Waals surface area contributed by atoms with Crippen molar-refractivity contribution in [2.45, 2.75) is 25.7 Å². The number of anilines is 1. The molecule has 0 fully saturated rings. The van der Waals surface area contributed by atoms with Crippen LogP contribution < -0.4 is 10.6 Å². The zero-order valence-electron chi connectivity index (χ0n) is 17.4. The predicted molar refractivity (Wildman–Crippen MR) is 115 cm³/mol. The molecule has 0 aromatic heterocycles. The predicted octanol–water partition coefficient (Wildman–Crippen LogP) is 2.30. The third-order valence-electron chi connectivity index (χ3n) is 4.52. The van der Waals surface area contributed by atoms with Crippen LogP contribution in [0.5, 0.6) is 0 Å². The van der Waals surface area contributed by atoms with Gasteiger partial charge < -0.3 is 10.6 Å². The van der Waals surface area contributed by atoms with Gasteiger partial charge in [-0.15, -0.1) is 0 Å². The number of nitrogens with zero attached hydrogens (tertiary/aromatic N) is 2. The van der Waals surface area contributed by atoms with E-state index in [1.165, 1.54) is 28.6 Å². The van der Waals surface area contributed by atoms with E-state index >= 15 is 0 Å². The molecule has 2 rings (SSSR count). The Morgan fingerprint density at radius 2 is 1.77 bits per heavy atom. The number of aryl methyl sites for hydroxylation is 1. The molecule has 2 N–H and O–H groups in total. The first-order chi connectivity index (χ1) is 14.6. The summed E-state index contributed by atoms with van der Waals surface area (Å²) in [5.41, 5.74) is 0.624. The Labute approximate surface area is 180 Å². The number of hydrogen-bond donors (Lipinski definition) is 2. The summed E-state index contributed by atoms with van der Waals surface area (Å²) in [4.78, 5) is 34.7. The van der Waals surface area contributed by atoms with Crippen molar-refractivity contribution < 1.29 is 22.9 Å². The number of rotatable bonds is 9. The fourth-order valence-corrected chi connectivity index (χ4v) is 4.60. The first kappa shape index (κ1) is 24.0. The summed E-state index contributed by atoms with van der Waals surface area (Å²) in [7, 11) is -3.71. The minimum atomic E-state index is -3.71. The number of carbonyl (C=O) groups excluding carboxylic acids is 2. The molecule has 0 spiro atoms. The smallest absolute Gasteiger partial charge is 0.270 e. The van der Waals surface area contributed by atoms with Crippen LogP contribution >= 0.6 is 0 Å². The molecule has 2 aromatic rings. The fourth-order valence-electron chi connectivity index (χ4n) is 2.89. The molecule has 2 aromatic carbocycles. The third-order valence-corrected chi connectivity index (χ3v) is 6.72. The first-order valence-electron chi connectivity index (χ1n) is 9.53. The van der Waals surface area contributed by atoms with E-state index in [1.54, 1.807) is 32.9 Å². The Hall–Kier alpha value is -3.31. The molecule has 0 radical (unpaired) electrons. The monoisotopic (exact) mass is 448 g/mol. The summed E-state index contributed by atoms with van der Waals surface area (Å²) in [5.74, 6) is -1.22. The van der Waals surface area contributed by atoms with Crippen LogP contribution in [0.4, 0.5) is 11.4 Å². The molecule has 0 unspecified atom stereocenters. The lowest BCUT2D eigenvalue weighted by molar-refractivity contribution is -0.384. The molecule has 11 heteroatoms. The van der Waals surface area contributed by atoms with Crippen LogP contribution in [0.3, 0.4) is 0 Å². The Balaban J connectivity index is 2.08. The van der Waals surface area contributed by atoms with Crippen LogP contribution in [0.1, 0.15) is 29.8 Å². The van der Waals surface area contributed by atoms with Gasteiger partial charge in [0.1, 0.15) is 0 Å². The van der Waals surface area contributed by atoms with Gasteiger partial charge >= 0.3 is 0 Å². The summed E-state index contributed by atoms with van der Waals surface area (Å²) in [5, 5.41) is 15.7. The number of carbonyl (C=O) groups is 2. The standard InChI is InChI=1S/C20H24N4O6S/c1-4-23(5-2)31(29,30)18-12-16(10-9-14(18)3)22-19(25)13-21-20(26)15-7-6-8-17(11-15)24(27)28/h6-12H,4-5,13H2,1-3H3,(H,21,26)(H,22,25). The van der Waals surface area contributed by atoms with Crippen LogP contribution in [0.25, 0.3) is 0 Å². The molecule has 0 heterocycles. The first-order valence-corrected chi connectivity index (χ1v) is 11.0. The quantitative estimate of drug-likeness (QED) is 0.446. The zero-order chi connectivity index (χ0) is 23.2. The molecule has 166 valence electrons. The highest BCUT2D eigenvalue weighted by Crippen LogP contribution is 2.23. The van der Waals surface area contributed by atoms with Crippen molar-refractivity contribution >= 4 is 33.2 Å². The molecule has 0 aliphatic rings. The maximum Gasteiger partial charge on any atom is 0.270 e. The largest absolute Gasteiger partial charge is 0.343 e. The number of nitrogens with one attached hydrogen (secondary N) is 2. The fraction of sp³-hybridized carbons (Fsp3) is 0.300. The van der Waals surface area contributed by atoms with Gasteiger partial charge in [-0.25, -0.2) is 8.42 Å². The minimum absolute atomic E-state index is 0.0462. The highest BCUT2D eigenvalue weighted by molar-refractivity contribution is 7.89. The lowest BCUT2D eigenvalue weighted by Gasteiger charge is -2.20. The van der Waals surface area contributed by atoms with Gasteiger partial charge in [0.2, 0.25) is 15.9 Å². The average Bonchev–Trinajstić information content (AvgIpc) is 2.74. The van der Waals surface area contributed by atoms with E-state index < -0.39 is 33.3 Å². The maximum atomic E-state index is 12.8. The van der Waals surface area contributed by atoms with Gasteiger partial charge in [0.05, 0.1) is 16.4 Å². The van der Waals surface area contributed by atoms with Gasteiger partial charge in [-0.05, 0) is 30.7 Å². The van der Waals surface area contributed by atoms with Crippen molar-refractivity contribution in [2.75, 3.05) is 25.0 Å². The summed E-state index contributed by atoms with van der Waals surface area (Å²) >= 11 is 0. The number of non-ortho nitro benzene ring substituents is 1. The SMILES string of the molecule is CCN(CC)S(=O)(=O)c1cc(NC(=O)CNC(=O)c2cccc([N+](=O)[O-])c2)ccc1C. The lowest BCUT2D eigenvalue weighted by Crippen LogP contribution is -2.33. The second-order valence-corrected chi connectivity index (χ2v) is 8.51. The van der Waals surface area contributed by atoms with Gasteiger partial charge in [0.25, 0.3) is 11.6 Å². The number of nitro groups is 1. The van der Waals surface area contributed by atoms with Crippen molar-refractivity contribution in [2.24, 2.45) is 0 Å². The topological polar surface area (TPSA) is 139 Å². The highest BCUT2D eigenvalue weighted by Gasteiger charge is 2.24. The number of hydrogen-bond acceptors (Lipinski definition) is 6. The van der Waals surface area contributed by atoms with E-state index in [0.717, 1.165) is 6.07 Å². The van der Waals surface area contributed by atoms with Crippen molar-refractivity contribution in [3.05, 3.63) is 63.7 Å². The highest BCUT2D eigenvalue weighted by atomic mass is 32.2. The van der Waals surface area contributed by atoms with Crippen LogP contribution in [0.2, 0.25) is 0 Å². The minimum Gasteiger partial charge on any atom is -0.343 e.